The predicted octanol–water partition coefficient (Wildman–Crippen LogP) is 4.85. The van der Waals surface area contributed by atoms with Gasteiger partial charge in [-0.1, -0.05) is 22.0 Å². The SMILES string of the molecule is COc1ccc([N+](=O)[O-])cc1C(=O)N/N=C\c1cc(C)n(-c2ccc(C)c(Br)c2)c1C. The van der Waals surface area contributed by atoms with E-state index in [1.807, 2.05) is 45.0 Å². The van der Waals surface area contributed by atoms with Crippen molar-refractivity contribution in [3.05, 3.63) is 85.1 Å². The third kappa shape index (κ3) is 4.66. The molecular formula is C22H21BrN4O4. The van der Waals surface area contributed by atoms with Crippen LogP contribution in [0.15, 0.2) is 52.0 Å². The van der Waals surface area contributed by atoms with E-state index in [4.69, 9.17) is 4.74 Å². The van der Waals surface area contributed by atoms with Gasteiger partial charge in [-0.25, -0.2) is 5.43 Å². The Morgan fingerprint density at radius 3 is 2.58 bits per heavy atom. The fraction of sp³-hybridized carbons (Fsp3) is 0.182. The quantitative estimate of drug-likeness (QED) is 0.307. The number of nitrogens with zero attached hydrogens (tertiary/aromatic N) is 3. The van der Waals surface area contributed by atoms with Crippen LogP contribution in [-0.4, -0.2) is 28.7 Å². The van der Waals surface area contributed by atoms with Crippen LogP contribution in [0.5, 0.6) is 5.75 Å². The van der Waals surface area contributed by atoms with E-state index in [9.17, 15) is 14.9 Å². The minimum atomic E-state index is -0.604. The second kappa shape index (κ2) is 9.13. The summed E-state index contributed by atoms with van der Waals surface area (Å²) in [5, 5.41) is 15.0. The van der Waals surface area contributed by atoms with Crippen molar-refractivity contribution in [2.75, 3.05) is 7.11 Å². The number of nitro groups is 1. The highest BCUT2D eigenvalue weighted by Crippen LogP contribution is 2.25. The van der Waals surface area contributed by atoms with E-state index in [0.717, 1.165) is 38.7 Å². The van der Waals surface area contributed by atoms with Gasteiger partial charge in [-0.05, 0) is 50.6 Å². The first-order chi connectivity index (χ1) is 14.7. The average molecular weight is 485 g/mol. The molecule has 2 aromatic carbocycles. The summed E-state index contributed by atoms with van der Waals surface area (Å²) in [5.74, 6) is -0.380. The van der Waals surface area contributed by atoms with Crippen LogP contribution in [0.1, 0.15) is 32.9 Å². The van der Waals surface area contributed by atoms with Crippen LogP contribution in [0.2, 0.25) is 0 Å². The molecule has 0 bridgehead atoms. The lowest BCUT2D eigenvalue weighted by molar-refractivity contribution is -0.384. The largest absolute Gasteiger partial charge is 0.496 e. The highest BCUT2D eigenvalue weighted by atomic mass is 79.9. The highest BCUT2D eigenvalue weighted by Gasteiger charge is 2.17. The maximum atomic E-state index is 12.5. The molecular weight excluding hydrogens is 464 g/mol. The minimum absolute atomic E-state index is 0.0313. The number of hydrazone groups is 1. The summed E-state index contributed by atoms with van der Waals surface area (Å²) in [7, 11) is 1.39. The first-order valence-corrected chi connectivity index (χ1v) is 10.1. The van der Waals surface area contributed by atoms with Crippen molar-refractivity contribution in [3.8, 4) is 11.4 Å². The van der Waals surface area contributed by atoms with Gasteiger partial charge in [0.05, 0.1) is 23.8 Å². The van der Waals surface area contributed by atoms with Gasteiger partial charge >= 0.3 is 0 Å². The third-order valence-corrected chi connectivity index (χ3v) is 5.75. The van der Waals surface area contributed by atoms with E-state index in [1.165, 1.54) is 19.2 Å². The summed E-state index contributed by atoms with van der Waals surface area (Å²) >= 11 is 3.57. The van der Waals surface area contributed by atoms with Crippen LogP contribution in [0.4, 0.5) is 5.69 Å². The zero-order valence-corrected chi connectivity index (χ0v) is 19.1. The van der Waals surface area contributed by atoms with Gasteiger partial charge in [0, 0.05) is 39.2 Å². The molecule has 1 heterocycles. The molecule has 1 amide bonds. The van der Waals surface area contributed by atoms with Gasteiger partial charge in [-0.15, -0.1) is 0 Å². The van der Waals surface area contributed by atoms with Crippen LogP contribution in [0.25, 0.3) is 5.69 Å². The molecule has 0 aliphatic heterocycles. The lowest BCUT2D eigenvalue weighted by Crippen LogP contribution is -2.18. The van der Waals surface area contributed by atoms with Gasteiger partial charge in [-0.2, -0.15) is 5.10 Å². The minimum Gasteiger partial charge on any atom is -0.496 e. The molecule has 31 heavy (non-hydrogen) atoms. The zero-order chi connectivity index (χ0) is 22.7. The molecule has 0 atom stereocenters. The number of carbonyl (C=O) groups excluding carboxylic acids is 1. The Hall–Kier alpha value is -3.46. The number of hydrogen-bond acceptors (Lipinski definition) is 5. The lowest BCUT2D eigenvalue weighted by Gasteiger charge is -2.11. The van der Waals surface area contributed by atoms with Gasteiger partial charge < -0.3 is 9.30 Å². The number of aryl methyl sites for hydroxylation is 2. The number of methoxy groups -OCH3 is 1. The van der Waals surface area contributed by atoms with Crippen molar-refractivity contribution < 1.29 is 14.5 Å². The Balaban J connectivity index is 1.84. The number of aromatic nitrogens is 1. The van der Waals surface area contributed by atoms with Gasteiger partial charge in [0.15, 0.2) is 0 Å². The molecule has 0 spiro atoms. The molecule has 0 radical (unpaired) electrons. The monoisotopic (exact) mass is 484 g/mol. The first kappa shape index (κ1) is 22.2. The lowest BCUT2D eigenvalue weighted by atomic mass is 10.1. The molecule has 9 heteroatoms. The maximum Gasteiger partial charge on any atom is 0.275 e. The Kier molecular flexibility index (Phi) is 6.55. The van der Waals surface area contributed by atoms with Crippen LogP contribution in [-0.2, 0) is 0 Å². The molecule has 1 N–H and O–H groups in total. The smallest absolute Gasteiger partial charge is 0.275 e. The summed E-state index contributed by atoms with van der Waals surface area (Å²) in [6.45, 7) is 5.98. The number of nitro benzene ring substituents is 1. The molecule has 1 aromatic heterocycles. The molecule has 160 valence electrons. The van der Waals surface area contributed by atoms with Crippen molar-refractivity contribution in [1.29, 1.82) is 0 Å². The maximum absolute atomic E-state index is 12.5. The van der Waals surface area contributed by atoms with E-state index in [0.29, 0.717) is 0 Å². The number of ether oxygens (including phenoxy) is 1. The first-order valence-electron chi connectivity index (χ1n) is 9.34. The molecule has 3 aromatic rings. The van der Waals surface area contributed by atoms with E-state index in [-0.39, 0.29) is 17.0 Å². The second-order valence-electron chi connectivity index (χ2n) is 6.94. The third-order valence-electron chi connectivity index (χ3n) is 4.89. The topological polar surface area (TPSA) is 98.8 Å². The summed E-state index contributed by atoms with van der Waals surface area (Å²) < 4.78 is 8.24. The van der Waals surface area contributed by atoms with Gasteiger partial charge in [0.1, 0.15) is 5.75 Å². The predicted molar refractivity (Wildman–Crippen MR) is 122 cm³/mol. The number of carbonyl (C=O) groups is 1. The normalized spacial score (nSPS) is 11.0. The number of hydrogen-bond donors (Lipinski definition) is 1. The molecule has 0 aliphatic rings. The van der Waals surface area contributed by atoms with Gasteiger partial charge in [0.25, 0.3) is 11.6 Å². The van der Waals surface area contributed by atoms with Gasteiger partial charge in [0.2, 0.25) is 0 Å². The number of non-ortho nitro benzene ring substituents is 1. The number of halogens is 1. The van der Waals surface area contributed by atoms with Crippen molar-refractivity contribution in [1.82, 2.24) is 9.99 Å². The van der Waals surface area contributed by atoms with E-state index in [2.05, 4.69) is 31.0 Å². The Morgan fingerprint density at radius 2 is 1.94 bits per heavy atom. The Morgan fingerprint density at radius 1 is 1.19 bits per heavy atom. The fourth-order valence-corrected chi connectivity index (χ4v) is 3.61. The molecule has 0 fully saturated rings. The Bertz CT molecular complexity index is 1200. The van der Waals surface area contributed by atoms with Crippen molar-refractivity contribution in [2.45, 2.75) is 20.8 Å². The number of nitrogens with one attached hydrogen (secondary N) is 1. The van der Waals surface area contributed by atoms with Crippen molar-refractivity contribution >= 4 is 33.7 Å². The van der Waals surface area contributed by atoms with E-state index >= 15 is 0 Å². The van der Waals surface area contributed by atoms with E-state index in [1.54, 1.807) is 6.21 Å². The summed E-state index contributed by atoms with van der Waals surface area (Å²) in [6.07, 6.45) is 1.55. The molecule has 8 nitrogen and oxygen atoms in total. The Labute approximate surface area is 187 Å². The van der Waals surface area contributed by atoms with E-state index < -0.39 is 10.8 Å². The van der Waals surface area contributed by atoms with Crippen LogP contribution in [0.3, 0.4) is 0 Å². The highest BCUT2D eigenvalue weighted by molar-refractivity contribution is 9.10. The van der Waals surface area contributed by atoms with Crippen LogP contribution in [0, 0.1) is 30.9 Å². The standard InChI is InChI=1S/C22H21BrN4O4/c1-13-5-6-17(11-20(13)23)26-14(2)9-16(15(26)3)12-24-25-22(28)19-10-18(27(29)30)7-8-21(19)31-4/h5-12H,1-4H3,(H,25,28)/b24-12-. The van der Waals surface area contributed by atoms with Crippen LogP contribution >= 0.6 is 15.9 Å². The summed E-state index contributed by atoms with van der Waals surface area (Å²) in [5.41, 5.74) is 7.20. The molecule has 0 saturated carbocycles. The molecule has 3 rings (SSSR count). The fourth-order valence-electron chi connectivity index (χ4n) is 3.24. The second-order valence-corrected chi connectivity index (χ2v) is 7.79. The molecule has 0 saturated heterocycles. The van der Waals surface area contributed by atoms with Crippen molar-refractivity contribution in [2.24, 2.45) is 5.10 Å². The zero-order valence-electron chi connectivity index (χ0n) is 17.5. The number of amides is 1. The number of rotatable bonds is 6. The summed E-state index contributed by atoms with van der Waals surface area (Å²) in [6, 6.07) is 11.9. The number of benzene rings is 2. The molecule has 0 unspecified atom stereocenters. The molecule has 0 aliphatic carbocycles. The van der Waals surface area contributed by atoms with Crippen molar-refractivity contribution in [3.63, 3.8) is 0 Å². The summed E-state index contributed by atoms with van der Waals surface area (Å²) in [4.78, 5) is 22.9. The van der Waals surface area contributed by atoms with Crippen LogP contribution < -0.4 is 10.2 Å². The average Bonchev–Trinajstić information content (AvgIpc) is 3.02. The van der Waals surface area contributed by atoms with Gasteiger partial charge in [-0.3, -0.25) is 14.9 Å².